The predicted molar refractivity (Wildman–Crippen MR) is 140 cm³/mol. The zero-order valence-electron chi connectivity index (χ0n) is 19.0. The first-order chi connectivity index (χ1) is 17.1. The Morgan fingerprint density at radius 1 is 0.971 bits per heavy atom. The lowest BCUT2D eigenvalue weighted by Gasteiger charge is -2.18. The number of benzene rings is 3. The fraction of sp³-hybridized carbons (Fsp3) is 0.154. The summed E-state index contributed by atoms with van der Waals surface area (Å²) in [5, 5.41) is 15.0. The molecule has 9 heteroatoms. The van der Waals surface area contributed by atoms with Gasteiger partial charge >= 0.3 is 0 Å². The first kappa shape index (κ1) is 24.4. The second-order valence-electron chi connectivity index (χ2n) is 7.55. The molecular formula is C26H24N4O3S2. The van der Waals surface area contributed by atoms with Crippen LogP contribution in [0.2, 0.25) is 0 Å². The molecule has 178 valence electrons. The average Bonchev–Trinajstić information content (AvgIpc) is 3.37. The lowest BCUT2D eigenvalue weighted by atomic mass is 10.1. The standard InChI is InChI=1S/C26H24N4O3S2/c1-33-20-12-8-11-19(16-20)25-29-30-26(35-25)28-24(32)22(15-18-9-4-2-5-10-18)27-23(31)17-34-21-13-6-3-7-14-21/h2-14,16,22H,15,17H2,1H3,(H,27,31)(H,28,30,32). The van der Waals surface area contributed by atoms with Crippen molar-refractivity contribution in [2.45, 2.75) is 17.4 Å². The first-order valence-electron chi connectivity index (χ1n) is 10.9. The van der Waals surface area contributed by atoms with E-state index >= 15 is 0 Å². The molecule has 1 aromatic heterocycles. The molecule has 4 rings (SSSR count). The summed E-state index contributed by atoms with van der Waals surface area (Å²) in [6.07, 6.45) is 0.357. The van der Waals surface area contributed by atoms with Crippen LogP contribution in [0.25, 0.3) is 10.6 Å². The Morgan fingerprint density at radius 2 is 1.71 bits per heavy atom. The number of methoxy groups -OCH3 is 1. The van der Waals surface area contributed by atoms with Crippen LogP contribution in [-0.2, 0) is 16.0 Å². The van der Waals surface area contributed by atoms with E-state index in [1.165, 1.54) is 23.1 Å². The molecule has 35 heavy (non-hydrogen) atoms. The van der Waals surface area contributed by atoms with E-state index < -0.39 is 6.04 Å². The lowest BCUT2D eigenvalue weighted by Crippen LogP contribution is -2.46. The van der Waals surface area contributed by atoms with E-state index in [1.807, 2.05) is 84.9 Å². The minimum atomic E-state index is -0.759. The summed E-state index contributed by atoms with van der Waals surface area (Å²) >= 11 is 2.68. The molecule has 4 aromatic rings. The quantitative estimate of drug-likeness (QED) is 0.305. The number of amides is 2. The van der Waals surface area contributed by atoms with Crippen LogP contribution in [0.4, 0.5) is 5.13 Å². The molecule has 1 atom stereocenters. The number of nitrogens with one attached hydrogen (secondary N) is 2. The molecule has 0 bridgehead atoms. The van der Waals surface area contributed by atoms with Crippen LogP contribution >= 0.6 is 23.1 Å². The molecule has 2 N–H and O–H groups in total. The van der Waals surface area contributed by atoms with Gasteiger partial charge in [0.25, 0.3) is 0 Å². The number of carbonyl (C=O) groups is 2. The van der Waals surface area contributed by atoms with Crippen LogP contribution in [0.5, 0.6) is 5.75 Å². The molecule has 3 aromatic carbocycles. The highest BCUT2D eigenvalue weighted by molar-refractivity contribution is 8.00. The van der Waals surface area contributed by atoms with Crippen molar-refractivity contribution in [2.24, 2.45) is 0 Å². The highest BCUT2D eigenvalue weighted by Crippen LogP contribution is 2.29. The fourth-order valence-corrected chi connectivity index (χ4v) is 4.77. The third-order valence-corrected chi connectivity index (χ3v) is 6.92. The Morgan fingerprint density at radius 3 is 2.46 bits per heavy atom. The van der Waals surface area contributed by atoms with Crippen molar-refractivity contribution >= 4 is 40.0 Å². The Bertz CT molecular complexity index is 1270. The normalized spacial score (nSPS) is 11.5. The van der Waals surface area contributed by atoms with Crippen LogP contribution < -0.4 is 15.4 Å². The van der Waals surface area contributed by atoms with Crippen molar-refractivity contribution in [2.75, 3.05) is 18.2 Å². The molecule has 0 saturated heterocycles. The summed E-state index contributed by atoms with van der Waals surface area (Å²) in [5.74, 6) is 0.355. The van der Waals surface area contributed by atoms with Gasteiger partial charge in [-0.1, -0.05) is 72.0 Å². The minimum absolute atomic E-state index is 0.210. The van der Waals surface area contributed by atoms with Crippen molar-refractivity contribution in [3.05, 3.63) is 90.5 Å². The number of hydrogen-bond donors (Lipinski definition) is 2. The lowest BCUT2D eigenvalue weighted by molar-refractivity contribution is -0.124. The monoisotopic (exact) mass is 504 g/mol. The van der Waals surface area contributed by atoms with Crippen molar-refractivity contribution in [1.82, 2.24) is 15.5 Å². The van der Waals surface area contributed by atoms with Gasteiger partial charge in [-0.25, -0.2) is 0 Å². The number of rotatable bonds is 10. The van der Waals surface area contributed by atoms with Gasteiger partial charge in [-0.3, -0.25) is 14.9 Å². The minimum Gasteiger partial charge on any atom is -0.497 e. The summed E-state index contributed by atoms with van der Waals surface area (Å²) < 4.78 is 5.27. The largest absolute Gasteiger partial charge is 0.497 e. The highest BCUT2D eigenvalue weighted by Gasteiger charge is 2.23. The average molecular weight is 505 g/mol. The molecule has 1 unspecified atom stereocenters. The third kappa shape index (κ3) is 7.14. The van der Waals surface area contributed by atoms with Gasteiger partial charge in [0.05, 0.1) is 12.9 Å². The van der Waals surface area contributed by atoms with Gasteiger partial charge in [0, 0.05) is 16.9 Å². The molecule has 0 radical (unpaired) electrons. The van der Waals surface area contributed by atoms with E-state index in [-0.39, 0.29) is 17.6 Å². The molecule has 0 aliphatic rings. The number of aromatic nitrogens is 2. The predicted octanol–water partition coefficient (Wildman–Crippen LogP) is 4.67. The summed E-state index contributed by atoms with van der Waals surface area (Å²) in [7, 11) is 1.60. The van der Waals surface area contributed by atoms with Crippen LogP contribution in [0, 0.1) is 0 Å². The van der Waals surface area contributed by atoms with E-state index in [0.29, 0.717) is 22.3 Å². The topological polar surface area (TPSA) is 93.2 Å². The maximum absolute atomic E-state index is 13.2. The van der Waals surface area contributed by atoms with Gasteiger partial charge in [-0.2, -0.15) is 0 Å². The van der Waals surface area contributed by atoms with Gasteiger partial charge in [0.1, 0.15) is 16.8 Å². The molecule has 0 spiro atoms. The number of thioether (sulfide) groups is 1. The Labute approximate surface area is 211 Å². The van der Waals surface area contributed by atoms with E-state index in [4.69, 9.17) is 4.74 Å². The summed E-state index contributed by atoms with van der Waals surface area (Å²) in [6, 6.07) is 26.0. The molecule has 7 nitrogen and oxygen atoms in total. The maximum atomic E-state index is 13.2. The first-order valence-corrected chi connectivity index (χ1v) is 12.7. The van der Waals surface area contributed by atoms with Crippen LogP contribution in [0.3, 0.4) is 0 Å². The van der Waals surface area contributed by atoms with E-state index in [1.54, 1.807) is 7.11 Å². The zero-order valence-corrected chi connectivity index (χ0v) is 20.6. The van der Waals surface area contributed by atoms with Crippen molar-refractivity contribution in [1.29, 1.82) is 0 Å². The summed E-state index contributed by atoms with van der Waals surface area (Å²) in [4.78, 5) is 26.8. The van der Waals surface area contributed by atoms with E-state index in [0.717, 1.165) is 16.0 Å². The Hall–Kier alpha value is -3.69. The van der Waals surface area contributed by atoms with Gasteiger partial charge in [0.15, 0.2) is 0 Å². The molecule has 0 saturated carbocycles. The third-order valence-electron chi connectivity index (χ3n) is 5.02. The van der Waals surface area contributed by atoms with E-state index in [9.17, 15) is 9.59 Å². The molecule has 0 fully saturated rings. The smallest absolute Gasteiger partial charge is 0.249 e. The van der Waals surface area contributed by atoms with Crippen LogP contribution in [0.15, 0.2) is 89.8 Å². The van der Waals surface area contributed by atoms with Crippen LogP contribution in [-0.4, -0.2) is 40.9 Å². The number of ether oxygens (including phenoxy) is 1. The molecule has 1 heterocycles. The molecule has 2 amide bonds. The number of nitrogens with zero attached hydrogens (tertiary/aromatic N) is 2. The Balaban J connectivity index is 1.44. The number of hydrogen-bond acceptors (Lipinski definition) is 7. The van der Waals surface area contributed by atoms with Gasteiger partial charge in [-0.15, -0.1) is 22.0 Å². The van der Waals surface area contributed by atoms with Gasteiger partial charge < -0.3 is 10.1 Å². The number of anilines is 1. The second-order valence-corrected chi connectivity index (χ2v) is 9.57. The summed E-state index contributed by atoms with van der Waals surface area (Å²) in [5.41, 5.74) is 1.78. The van der Waals surface area contributed by atoms with Gasteiger partial charge in [-0.05, 0) is 29.8 Å². The Kier molecular flexibility index (Phi) is 8.48. The maximum Gasteiger partial charge on any atom is 0.249 e. The summed E-state index contributed by atoms with van der Waals surface area (Å²) in [6.45, 7) is 0. The van der Waals surface area contributed by atoms with E-state index in [2.05, 4.69) is 20.8 Å². The van der Waals surface area contributed by atoms with Crippen molar-refractivity contribution in [3.8, 4) is 16.3 Å². The molecule has 0 aliphatic heterocycles. The molecule has 0 aliphatic carbocycles. The highest BCUT2D eigenvalue weighted by atomic mass is 32.2. The number of carbonyl (C=O) groups excluding carboxylic acids is 2. The van der Waals surface area contributed by atoms with Crippen molar-refractivity contribution < 1.29 is 14.3 Å². The SMILES string of the molecule is COc1cccc(-c2nnc(NC(=O)C(Cc3ccccc3)NC(=O)CSc3ccccc3)s2)c1. The van der Waals surface area contributed by atoms with Gasteiger partial charge in [0.2, 0.25) is 16.9 Å². The van der Waals surface area contributed by atoms with Crippen molar-refractivity contribution in [3.63, 3.8) is 0 Å². The fourth-order valence-electron chi connectivity index (χ4n) is 3.30. The second kappa shape index (κ2) is 12.1. The zero-order chi connectivity index (χ0) is 24.5. The molecular weight excluding hydrogens is 480 g/mol. The van der Waals surface area contributed by atoms with Crippen LogP contribution in [0.1, 0.15) is 5.56 Å².